The third kappa shape index (κ3) is 3.55. The first-order valence-corrected chi connectivity index (χ1v) is 6.27. The monoisotopic (exact) mass is 290 g/mol. The van der Waals surface area contributed by atoms with Crippen molar-refractivity contribution in [2.75, 3.05) is 11.9 Å². The maximum absolute atomic E-state index is 11.7. The van der Waals surface area contributed by atoms with Crippen molar-refractivity contribution < 1.29 is 9.53 Å². The molecule has 0 saturated heterocycles. The Labute approximate surface area is 121 Å². The normalized spacial score (nSPS) is 10.1. The average molecular weight is 290 g/mol. The standard InChI is InChI=1S/C13H14N4O2S/c1-17-7-9(6-15-17)16-12(18)8-19-11-5-3-2-4-10(11)13(14)20/h2-7H,8H2,1H3,(H2,14,20)(H,16,18). The summed E-state index contributed by atoms with van der Waals surface area (Å²) >= 11 is 4.92. The summed E-state index contributed by atoms with van der Waals surface area (Å²) in [5.74, 6) is 0.206. The molecule has 0 spiro atoms. The van der Waals surface area contributed by atoms with Gasteiger partial charge in [-0.2, -0.15) is 5.10 Å². The fourth-order valence-corrected chi connectivity index (χ4v) is 1.79. The molecule has 0 fully saturated rings. The number of ether oxygens (including phenoxy) is 1. The predicted molar refractivity (Wildman–Crippen MR) is 79.7 cm³/mol. The first kappa shape index (κ1) is 14.0. The molecule has 7 heteroatoms. The number of thiocarbonyl (C=S) groups is 1. The molecule has 2 rings (SSSR count). The molecule has 0 aliphatic carbocycles. The van der Waals surface area contributed by atoms with Crippen molar-refractivity contribution in [1.82, 2.24) is 9.78 Å². The Morgan fingerprint density at radius 1 is 1.50 bits per heavy atom. The number of nitrogens with zero attached hydrogens (tertiary/aromatic N) is 2. The van der Waals surface area contributed by atoms with Gasteiger partial charge >= 0.3 is 0 Å². The highest BCUT2D eigenvalue weighted by molar-refractivity contribution is 7.80. The van der Waals surface area contributed by atoms with Crippen LogP contribution in [0.5, 0.6) is 5.75 Å². The minimum Gasteiger partial charge on any atom is -0.483 e. The second kappa shape index (κ2) is 6.16. The van der Waals surface area contributed by atoms with E-state index >= 15 is 0 Å². The Morgan fingerprint density at radius 2 is 2.25 bits per heavy atom. The molecule has 0 unspecified atom stereocenters. The molecule has 0 saturated carbocycles. The molecule has 0 aliphatic heterocycles. The molecule has 1 aromatic heterocycles. The highest BCUT2D eigenvalue weighted by atomic mass is 32.1. The number of carbonyl (C=O) groups is 1. The van der Waals surface area contributed by atoms with Gasteiger partial charge in [-0.25, -0.2) is 0 Å². The first-order chi connectivity index (χ1) is 9.56. The van der Waals surface area contributed by atoms with Crippen LogP contribution in [0, 0.1) is 0 Å². The molecule has 0 bridgehead atoms. The van der Waals surface area contributed by atoms with Gasteiger partial charge in [0.05, 0.1) is 17.4 Å². The van der Waals surface area contributed by atoms with Crippen LogP contribution in [0.1, 0.15) is 5.56 Å². The van der Waals surface area contributed by atoms with Gasteiger partial charge < -0.3 is 15.8 Å². The number of benzene rings is 1. The minimum atomic E-state index is -0.282. The number of rotatable bonds is 5. The second-order valence-electron chi connectivity index (χ2n) is 4.10. The molecule has 1 amide bonds. The number of aryl methyl sites for hydroxylation is 1. The summed E-state index contributed by atoms with van der Waals surface area (Å²) in [7, 11) is 1.77. The summed E-state index contributed by atoms with van der Waals surface area (Å²) in [5, 5.41) is 6.62. The number of hydrogen-bond acceptors (Lipinski definition) is 4. The molecule has 1 heterocycles. The molecule has 20 heavy (non-hydrogen) atoms. The topological polar surface area (TPSA) is 82.2 Å². The molecule has 6 nitrogen and oxygen atoms in total. The van der Waals surface area contributed by atoms with Crippen LogP contribution in [0.25, 0.3) is 0 Å². The zero-order valence-electron chi connectivity index (χ0n) is 10.9. The van der Waals surface area contributed by atoms with Gasteiger partial charge in [-0.3, -0.25) is 9.48 Å². The van der Waals surface area contributed by atoms with E-state index in [4.69, 9.17) is 22.7 Å². The van der Waals surface area contributed by atoms with Gasteiger partial charge in [-0.15, -0.1) is 0 Å². The molecular weight excluding hydrogens is 276 g/mol. The van der Waals surface area contributed by atoms with Gasteiger partial charge in [0.25, 0.3) is 5.91 Å². The van der Waals surface area contributed by atoms with Crippen LogP contribution in [0.2, 0.25) is 0 Å². The lowest BCUT2D eigenvalue weighted by atomic mass is 10.2. The summed E-state index contributed by atoms with van der Waals surface area (Å²) in [6, 6.07) is 7.05. The molecule has 3 N–H and O–H groups in total. The zero-order chi connectivity index (χ0) is 14.5. The zero-order valence-corrected chi connectivity index (χ0v) is 11.7. The van der Waals surface area contributed by atoms with Crippen molar-refractivity contribution in [1.29, 1.82) is 0 Å². The van der Waals surface area contributed by atoms with E-state index in [2.05, 4.69) is 10.4 Å². The molecule has 0 atom stereocenters. The largest absolute Gasteiger partial charge is 0.483 e. The summed E-state index contributed by atoms with van der Waals surface area (Å²) < 4.78 is 7.03. The van der Waals surface area contributed by atoms with Crippen LogP contribution in [-0.4, -0.2) is 27.3 Å². The number of nitrogens with one attached hydrogen (secondary N) is 1. The maximum atomic E-state index is 11.7. The van der Waals surface area contributed by atoms with E-state index in [0.717, 1.165) is 0 Å². The number of hydrogen-bond donors (Lipinski definition) is 2. The second-order valence-corrected chi connectivity index (χ2v) is 4.54. The number of aromatic nitrogens is 2. The SMILES string of the molecule is Cn1cc(NC(=O)COc2ccccc2C(N)=S)cn1. The molecule has 2 aromatic rings. The molecule has 0 radical (unpaired) electrons. The lowest BCUT2D eigenvalue weighted by molar-refractivity contribution is -0.118. The van der Waals surface area contributed by atoms with Crippen molar-refractivity contribution in [3.8, 4) is 5.75 Å². The lowest BCUT2D eigenvalue weighted by Gasteiger charge is -2.10. The van der Waals surface area contributed by atoms with Crippen molar-refractivity contribution in [2.45, 2.75) is 0 Å². The van der Waals surface area contributed by atoms with E-state index in [1.165, 1.54) is 0 Å². The van der Waals surface area contributed by atoms with Crippen LogP contribution in [0.15, 0.2) is 36.7 Å². The van der Waals surface area contributed by atoms with Gasteiger partial charge in [0.2, 0.25) is 0 Å². The van der Waals surface area contributed by atoms with E-state index in [9.17, 15) is 4.79 Å². The average Bonchev–Trinajstić information content (AvgIpc) is 2.82. The summed E-state index contributed by atoms with van der Waals surface area (Å²) in [6.07, 6.45) is 3.25. The van der Waals surface area contributed by atoms with Gasteiger partial charge in [-0.05, 0) is 12.1 Å². The summed E-state index contributed by atoms with van der Waals surface area (Å²) in [5.41, 5.74) is 6.81. The number of carbonyl (C=O) groups excluding carboxylic acids is 1. The number of anilines is 1. The minimum absolute atomic E-state index is 0.130. The van der Waals surface area contributed by atoms with E-state index in [1.807, 2.05) is 0 Å². The number of para-hydroxylation sites is 1. The van der Waals surface area contributed by atoms with Gasteiger partial charge in [0.15, 0.2) is 6.61 Å². The summed E-state index contributed by atoms with van der Waals surface area (Å²) in [4.78, 5) is 12.0. The highest BCUT2D eigenvalue weighted by Crippen LogP contribution is 2.17. The first-order valence-electron chi connectivity index (χ1n) is 5.86. The van der Waals surface area contributed by atoms with Crippen molar-refractivity contribution >= 4 is 28.8 Å². The maximum Gasteiger partial charge on any atom is 0.262 e. The van der Waals surface area contributed by atoms with E-state index in [1.54, 1.807) is 48.4 Å². The van der Waals surface area contributed by atoms with Crippen LogP contribution < -0.4 is 15.8 Å². The van der Waals surface area contributed by atoms with Gasteiger partial charge in [0.1, 0.15) is 10.7 Å². The number of nitrogens with two attached hydrogens (primary N) is 1. The molecule has 1 aromatic carbocycles. The summed E-state index contributed by atoms with van der Waals surface area (Å²) in [6.45, 7) is -0.130. The highest BCUT2D eigenvalue weighted by Gasteiger charge is 2.09. The number of amides is 1. The quantitative estimate of drug-likeness (QED) is 0.805. The Balaban J connectivity index is 1.95. The fourth-order valence-electron chi connectivity index (χ4n) is 1.62. The van der Waals surface area contributed by atoms with Gasteiger partial charge in [0, 0.05) is 13.2 Å². The Bertz CT molecular complexity index is 639. The van der Waals surface area contributed by atoms with Crippen LogP contribution in [0.3, 0.4) is 0 Å². The van der Waals surface area contributed by atoms with E-state index in [-0.39, 0.29) is 17.5 Å². The molecule has 0 aliphatic rings. The van der Waals surface area contributed by atoms with Crippen molar-refractivity contribution in [2.24, 2.45) is 12.8 Å². The van der Waals surface area contributed by atoms with Crippen LogP contribution >= 0.6 is 12.2 Å². The fraction of sp³-hybridized carbons (Fsp3) is 0.154. The molecule has 104 valence electrons. The smallest absolute Gasteiger partial charge is 0.262 e. The molecular formula is C13H14N4O2S. The Morgan fingerprint density at radius 3 is 2.90 bits per heavy atom. The third-order valence-electron chi connectivity index (χ3n) is 2.50. The van der Waals surface area contributed by atoms with E-state index < -0.39 is 0 Å². The van der Waals surface area contributed by atoms with Crippen LogP contribution in [0.4, 0.5) is 5.69 Å². The lowest BCUT2D eigenvalue weighted by Crippen LogP contribution is -2.21. The van der Waals surface area contributed by atoms with E-state index in [0.29, 0.717) is 17.0 Å². The van der Waals surface area contributed by atoms with Crippen molar-refractivity contribution in [3.05, 3.63) is 42.2 Å². The van der Waals surface area contributed by atoms with Gasteiger partial charge in [-0.1, -0.05) is 24.4 Å². The van der Waals surface area contributed by atoms with Crippen molar-refractivity contribution in [3.63, 3.8) is 0 Å². The van der Waals surface area contributed by atoms with Crippen LogP contribution in [-0.2, 0) is 11.8 Å². The Kier molecular flexibility index (Phi) is 4.31. The predicted octanol–water partition coefficient (Wildman–Crippen LogP) is 1.07. The third-order valence-corrected chi connectivity index (χ3v) is 2.72. The Hall–Kier alpha value is -2.41.